The van der Waals surface area contributed by atoms with E-state index in [4.69, 9.17) is 16.4 Å². The Morgan fingerprint density at radius 1 is 1.17 bits per heavy atom. The van der Waals surface area contributed by atoms with Crippen LogP contribution < -0.4 is 10.9 Å². The van der Waals surface area contributed by atoms with Gasteiger partial charge in [0.2, 0.25) is 0 Å². The second-order valence-electron chi connectivity index (χ2n) is 9.50. The SMILES string of the molecule is Cn1c(=O)c(C#N)c(NC2CCC(/C(=N\OCC3CC3)c3ccccc3)CC2)c2nc(Cl)ccc21. The maximum Gasteiger partial charge on any atom is 0.270 e. The molecule has 2 heterocycles. The predicted molar refractivity (Wildman–Crippen MR) is 138 cm³/mol. The molecule has 2 aliphatic rings. The van der Waals surface area contributed by atoms with Gasteiger partial charge in [-0.1, -0.05) is 47.1 Å². The fourth-order valence-corrected chi connectivity index (χ4v) is 4.96. The molecule has 0 atom stereocenters. The van der Waals surface area contributed by atoms with Gasteiger partial charge in [0, 0.05) is 19.0 Å². The van der Waals surface area contributed by atoms with Crippen molar-refractivity contribution in [2.75, 3.05) is 11.9 Å². The Hall–Kier alpha value is -3.37. The number of hydrogen-bond donors (Lipinski definition) is 1. The first kappa shape index (κ1) is 23.4. The van der Waals surface area contributed by atoms with E-state index >= 15 is 0 Å². The Bertz CT molecular complexity index is 1350. The highest BCUT2D eigenvalue weighted by molar-refractivity contribution is 6.29. The number of nitrogens with zero attached hydrogens (tertiary/aromatic N) is 4. The summed E-state index contributed by atoms with van der Waals surface area (Å²) in [5.74, 6) is 0.943. The van der Waals surface area contributed by atoms with Crippen LogP contribution in [0.4, 0.5) is 5.69 Å². The van der Waals surface area contributed by atoms with E-state index in [9.17, 15) is 10.1 Å². The van der Waals surface area contributed by atoms with Gasteiger partial charge in [-0.25, -0.2) is 4.98 Å². The molecule has 7 nitrogen and oxygen atoms in total. The Balaban J connectivity index is 1.36. The average molecular weight is 490 g/mol. The number of hydrogen-bond acceptors (Lipinski definition) is 6. The summed E-state index contributed by atoms with van der Waals surface area (Å²) in [5, 5.41) is 18.1. The van der Waals surface area contributed by atoms with Crippen LogP contribution in [0, 0.1) is 23.2 Å². The molecule has 0 spiro atoms. The Labute approximate surface area is 209 Å². The van der Waals surface area contributed by atoms with E-state index in [1.54, 1.807) is 19.2 Å². The molecule has 35 heavy (non-hydrogen) atoms. The fourth-order valence-electron chi connectivity index (χ4n) is 4.81. The monoisotopic (exact) mass is 489 g/mol. The molecule has 1 aromatic carbocycles. The standard InChI is InChI=1S/C27H28ClN5O2/c1-33-22-13-14-23(28)31-26(22)25(21(15-29)27(33)34)30-20-11-9-19(10-12-20)24(18-5-3-2-4-6-18)32-35-16-17-7-8-17/h2-6,13-14,17,19-20,30H,7-12,16H2,1H3/b32-24-. The molecule has 2 aromatic heterocycles. The summed E-state index contributed by atoms with van der Waals surface area (Å²) < 4.78 is 1.45. The largest absolute Gasteiger partial charge is 0.395 e. The van der Waals surface area contributed by atoms with Crippen molar-refractivity contribution >= 4 is 34.0 Å². The van der Waals surface area contributed by atoms with Gasteiger partial charge in [0.25, 0.3) is 5.56 Å². The number of aryl methyl sites for hydroxylation is 1. The normalized spacial score (nSPS) is 20.4. The van der Waals surface area contributed by atoms with Gasteiger partial charge in [-0.3, -0.25) is 4.79 Å². The Morgan fingerprint density at radius 3 is 2.60 bits per heavy atom. The first-order chi connectivity index (χ1) is 17.0. The van der Waals surface area contributed by atoms with Gasteiger partial charge in [-0.15, -0.1) is 0 Å². The first-order valence-electron chi connectivity index (χ1n) is 12.2. The molecule has 0 aliphatic heterocycles. The van der Waals surface area contributed by atoms with Crippen molar-refractivity contribution in [2.45, 2.75) is 44.6 Å². The van der Waals surface area contributed by atoms with Crippen molar-refractivity contribution in [3.63, 3.8) is 0 Å². The quantitative estimate of drug-likeness (QED) is 0.277. The summed E-state index contributed by atoms with van der Waals surface area (Å²) >= 11 is 6.16. The van der Waals surface area contributed by atoms with Crippen molar-refractivity contribution in [3.05, 3.63) is 69.1 Å². The zero-order chi connectivity index (χ0) is 24.4. The molecule has 3 aromatic rings. The maximum atomic E-state index is 12.8. The molecule has 2 fully saturated rings. The minimum Gasteiger partial charge on any atom is -0.395 e. The summed E-state index contributed by atoms with van der Waals surface area (Å²) in [5.41, 5.74) is 3.49. The second-order valence-corrected chi connectivity index (χ2v) is 9.89. The van der Waals surface area contributed by atoms with E-state index in [0.717, 1.165) is 37.0 Å². The molecular weight excluding hydrogens is 462 g/mol. The van der Waals surface area contributed by atoms with E-state index in [0.29, 0.717) is 34.4 Å². The van der Waals surface area contributed by atoms with Gasteiger partial charge in [0.1, 0.15) is 28.9 Å². The van der Waals surface area contributed by atoms with E-state index in [1.165, 1.54) is 17.4 Å². The third-order valence-corrected chi connectivity index (χ3v) is 7.23. The number of rotatable bonds is 7. The van der Waals surface area contributed by atoms with Gasteiger partial charge in [-0.05, 0) is 62.1 Å². The number of halogens is 1. The van der Waals surface area contributed by atoms with E-state index in [-0.39, 0.29) is 23.1 Å². The lowest BCUT2D eigenvalue weighted by molar-refractivity contribution is 0.132. The van der Waals surface area contributed by atoms with Crippen LogP contribution in [0.15, 0.2) is 52.4 Å². The number of fused-ring (bicyclic) bond motifs is 1. The van der Waals surface area contributed by atoms with Crippen molar-refractivity contribution in [2.24, 2.45) is 24.0 Å². The predicted octanol–water partition coefficient (Wildman–Crippen LogP) is 5.26. The summed E-state index contributed by atoms with van der Waals surface area (Å²) in [6, 6.07) is 15.8. The lowest BCUT2D eigenvalue weighted by Crippen LogP contribution is -2.32. The smallest absolute Gasteiger partial charge is 0.270 e. The maximum absolute atomic E-state index is 12.8. The van der Waals surface area contributed by atoms with Gasteiger partial charge in [0.15, 0.2) is 0 Å². The highest BCUT2D eigenvalue weighted by Gasteiger charge is 2.28. The number of oxime groups is 1. The molecule has 5 rings (SSSR count). The molecule has 2 aliphatic carbocycles. The van der Waals surface area contributed by atoms with Gasteiger partial charge < -0.3 is 14.7 Å². The van der Waals surface area contributed by atoms with Crippen molar-refractivity contribution < 1.29 is 4.84 Å². The third-order valence-electron chi connectivity index (χ3n) is 7.02. The minimum atomic E-state index is -0.341. The van der Waals surface area contributed by atoms with Crippen LogP contribution in [-0.4, -0.2) is 27.9 Å². The Kier molecular flexibility index (Phi) is 6.74. The minimum absolute atomic E-state index is 0.0666. The fraction of sp³-hybridized carbons (Fsp3) is 0.407. The molecule has 0 radical (unpaired) electrons. The first-order valence-corrected chi connectivity index (χ1v) is 12.5. The summed E-state index contributed by atoms with van der Waals surface area (Å²) in [7, 11) is 1.64. The van der Waals surface area contributed by atoms with Crippen LogP contribution in [0.3, 0.4) is 0 Å². The van der Waals surface area contributed by atoms with Crippen molar-refractivity contribution in [3.8, 4) is 6.07 Å². The molecule has 0 unspecified atom stereocenters. The number of nitrogens with one attached hydrogen (secondary N) is 1. The molecular formula is C27H28ClN5O2. The van der Waals surface area contributed by atoms with Gasteiger partial charge >= 0.3 is 0 Å². The number of aromatic nitrogens is 2. The number of nitriles is 1. The van der Waals surface area contributed by atoms with E-state index < -0.39 is 0 Å². The summed E-state index contributed by atoms with van der Waals surface area (Å²) in [6.45, 7) is 0.690. The zero-order valence-electron chi connectivity index (χ0n) is 19.7. The number of benzene rings is 1. The van der Waals surface area contributed by atoms with Crippen LogP contribution in [0.1, 0.15) is 49.7 Å². The highest BCUT2D eigenvalue weighted by atomic mass is 35.5. The van der Waals surface area contributed by atoms with Crippen molar-refractivity contribution in [1.29, 1.82) is 5.26 Å². The van der Waals surface area contributed by atoms with Crippen LogP contribution in [0.2, 0.25) is 5.15 Å². The van der Waals surface area contributed by atoms with Crippen LogP contribution in [0.25, 0.3) is 11.0 Å². The second kappa shape index (κ2) is 10.1. The molecule has 0 saturated heterocycles. The number of pyridine rings is 2. The number of anilines is 1. The van der Waals surface area contributed by atoms with E-state index in [1.807, 2.05) is 18.2 Å². The Morgan fingerprint density at radius 2 is 1.91 bits per heavy atom. The average Bonchev–Trinajstić information content (AvgIpc) is 3.71. The molecule has 1 N–H and O–H groups in total. The molecule has 8 heteroatoms. The third kappa shape index (κ3) is 5.03. The molecule has 2 saturated carbocycles. The van der Waals surface area contributed by atoms with Gasteiger partial charge in [-0.2, -0.15) is 5.26 Å². The molecule has 0 bridgehead atoms. The van der Waals surface area contributed by atoms with E-state index in [2.05, 4.69) is 33.7 Å². The van der Waals surface area contributed by atoms with Crippen LogP contribution in [-0.2, 0) is 11.9 Å². The van der Waals surface area contributed by atoms with Crippen LogP contribution >= 0.6 is 11.6 Å². The lowest BCUT2D eigenvalue weighted by Gasteiger charge is -2.31. The van der Waals surface area contributed by atoms with Crippen molar-refractivity contribution in [1.82, 2.24) is 9.55 Å². The highest BCUT2D eigenvalue weighted by Crippen LogP contribution is 2.33. The molecule has 0 amide bonds. The lowest BCUT2D eigenvalue weighted by atomic mass is 9.81. The van der Waals surface area contributed by atoms with Crippen LogP contribution in [0.5, 0.6) is 0 Å². The summed E-state index contributed by atoms with van der Waals surface area (Å²) in [6.07, 6.45) is 6.07. The van der Waals surface area contributed by atoms with Gasteiger partial charge in [0.05, 0.1) is 16.9 Å². The zero-order valence-corrected chi connectivity index (χ0v) is 20.5. The molecule has 180 valence electrons. The topological polar surface area (TPSA) is 92.3 Å². The summed E-state index contributed by atoms with van der Waals surface area (Å²) in [4.78, 5) is 23.0.